The number of aliphatic hydroxyl groups is 1. The number of benzene rings is 1. The van der Waals surface area contributed by atoms with Crippen molar-refractivity contribution >= 4 is 0 Å². The summed E-state index contributed by atoms with van der Waals surface area (Å²) in [5, 5.41) is 9.30. The van der Waals surface area contributed by atoms with Crippen LogP contribution in [0.1, 0.15) is 25.0 Å². The third-order valence-electron chi connectivity index (χ3n) is 2.56. The number of ether oxygens (including phenoxy) is 3. The van der Waals surface area contributed by atoms with Gasteiger partial charge in [0.05, 0.1) is 12.7 Å². The molecule has 1 rings (SSSR count). The van der Waals surface area contributed by atoms with Gasteiger partial charge in [0.25, 0.3) is 0 Å². The van der Waals surface area contributed by atoms with Gasteiger partial charge in [0, 0.05) is 32.0 Å². The molecule has 0 radical (unpaired) electrons. The molecule has 0 saturated heterocycles. The first kappa shape index (κ1) is 15.9. The Morgan fingerprint density at radius 2 is 2.00 bits per heavy atom. The van der Waals surface area contributed by atoms with Crippen molar-refractivity contribution in [2.75, 3.05) is 33.5 Å². The van der Waals surface area contributed by atoms with Crippen LogP contribution >= 0.6 is 0 Å². The molecule has 19 heavy (non-hydrogen) atoms. The Morgan fingerprint density at radius 3 is 2.63 bits per heavy atom. The van der Waals surface area contributed by atoms with Crippen molar-refractivity contribution in [3.05, 3.63) is 29.6 Å². The Balaban J connectivity index is 2.25. The van der Waals surface area contributed by atoms with Crippen molar-refractivity contribution in [1.29, 1.82) is 0 Å². The van der Waals surface area contributed by atoms with Crippen molar-refractivity contribution < 1.29 is 23.7 Å². The van der Waals surface area contributed by atoms with E-state index in [9.17, 15) is 9.50 Å². The summed E-state index contributed by atoms with van der Waals surface area (Å²) in [6.07, 6.45) is 0.0203. The average Bonchev–Trinajstić information content (AvgIpc) is 2.37. The molecule has 0 aliphatic heterocycles. The van der Waals surface area contributed by atoms with Crippen molar-refractivity contribution in [3.8, 4) is 5.75 Å². The molecule has 1 atom stereocenters. The summed E-state index contributed by atoms with van der Waals surface area (Å²) >= 11 is 0. The number of halogens is 1. The molecule has 0 bridgehead atoms. The van der Waals surface area contributed by atoms with Crippen LogP contribution in [0.2, 0.25) is 0 Å². The minimum atomic E-state index is -0.821. The lowest BCUT2D eigenvalue weighted by Crippen LogP contribution is -2.09. The molecule has 5 heteroatoms. The zero-order chi connectivity index (χ0) is 14.1. The van der Waals surface area contributed by atoms with Crippen molar-refractivity contribution in [2.24, 2.45) is 0 Å². The summed E-state index contributed by atoms with van der Waals surface area (Å²) in [4.78, 5) is 0. The smallest absolute Gasteiger partial charge is 0.132 e. The molecule has 1 unspecified atom stereocenters. The highest BCUT2D eigenvalue weighted by Gasteiger charge is 2.08. The lowest BCUT2D eigenvalue weighted by atomic mass is 10.1. The third kappa shape index (κ3) is 6.00. The molecule has 0 amide bonds. The van der Waals surface area contributed by atoms with Crippen molar-refractivity contribution in [3.63, 3.8) is 0 Å². The van der Waals surface area contributed by atoms with Gasteiger partial charge in [-0.3, -0.25) is 0 Å². The zero-order valence-corrected chi connectivity index (χ0v) is 11.4. The lowest BCUT2D eigenvalue weighted by Gasteiger charge is -2.10. The SMILES string of the molecule is COCCCOCCOc1ccc(C(C)O)c(F)c1. The van der Waals surface area contributed by atoms with Gasteiger partial charge in [-0.1, -0.05) is 0 Å². The largest absolute Gasteiger partial charge is 0.491 e. The molecule has 1 aromatic rings. The van der Waals surface area contributed by atoms with Gasteiger partial charge in [-0.25, -0.2) is 4.39 Å². The first-order valence-corrected chi connectivity index (χ1v) is 6.32. The first-order valence-electron chi connectivity index (χ1n) is 6.32. The highest BCUT2D eigenvalue weighted by molar-refractivity contribution is 5.29. The predicted octanol–water partition coefficient (Wildman–Crippen LogP) is 2.31. The summed E-state index contributed by atoms with van der Waals surface area (Å²) in [6, 6.07) is 4.43. The Hall–Kier alpha value is -1.17. The van der Waals surface area contributed by atoms with Crippen LogP contribution in [-0.4, -0.2) is 38.6 Å². The van der Waals surface area contributed by atoms with Crippen LogP contribution in [-0.2, 0) is 9.47 Å². The molecular formula is C14H21FO4. The molecule has 0 fully saturated rings. The quantitative estimate of drug-likeness (QED) is 0.701. The van der Waals surface area contributed by atoms with Gasteiger partial charge in [-0.15, -0.1) is 0 Å². The van der Waals surface area contributed by atoms with Gasteiger partial charge in [-0.2, -0.15) is 0 Å². The van der Waals surface area contributed by atoms with Crippen LogP contribution in [0.15, 0.2) is 18.2 Å². The molecule has 0 heterocycles. The van der Waals surface area contributed by atoms with E-state index in [1.165, 1.54) is 19.1 Å². The van der Waals surface area contributed by atoms with Crippen LogP contribution in [0.25, 0.3) is 0 Å². The van der Waals surface area contributed by atoms with E-state index in [4.69, 9.17) is 14.2 Å². The van der Waals surface area contributed by atoms with Crippen LogP contribution < -0.4 is 4.74 Å². The maximum Gasteiger partial charge on any atom is 0.132 e. The van der Waals surface area contributed by atoms with E-state index < -0.39 is 11.9 Å². The second kappa shape index (κ2) is 8.85. The second-order valence-electron chi connectivity index (χ2n) is 4.17. The fraction of sp³-hybridized carbons (Fsp3) is 0.571. The maximum absolute atomic E-state index is 13.5. The Labute approximate surface area is 113 Å². The third-order valence-corrected chi connectivity index (χ3v) is 2.56. The van der Waals surface area contributed by atoms with E-state index in [0.717, 1.165) is 6.42 Å². The molecule has 108 valence electrons. The number of hydrogen-bond acceptors (Lipinski definition) is 4. The van der Waals surface area contributed by atoms with E-state index in [2.05, 4.69) is 0 Å². The molecule has 0 aliphatic rings. The van der Waals surface area contributed by atoms with Crippen LogP contribution in [0.4, 0.5) is 4.39 Å². The fourth-order valence-electron chi connectivity index (χ4n) is 1.56. The molecule has 4 nitrogen and oxygen atoms in total. The van der Waals surface area contributed by atoms with Gasteiger partial charge in [0.2, 0.25) is 0 Å². The Morgan fingerprint density at radius 1 is 1.21 bits per heavy atom. The summed E-state index contributed by atoms with van der Waals surface area (Å²) in [5.41, 5.74) is 0.267. The molecular weight excluding hydrogens is 251 g/mol. The van der Waals surface area contributed by atoms with Gasteiger partial charge in [0.15, 0.2) is 0 Å². The summed E-state index contributed by atoms with van der Waals surface area (Å²) in [5.74, 6) is -0.0316. The van der Waals surface area contributed by atoms with Crippen molar-refractivity contribution in [2.45, 2.75) is 19.4 Å². The first-order chi connectivity index (χ1) is 9.15. The van der Waals surface area contributed by atoms with Crippen LogP contribution in [0.3, 0.4) is 0 Å². The van der Waals surface area contributed by atoms with Crippen molar-refractivity contribution in [1.82, 2.24) is 0 Å². The molecule has 0 spiro atoms. The van der Waals surface area contributed by atoms with E-state index in [1.807, 2.05) is 0 Å². The highest BCUT2D eigenvalue weighted by Crippen LogP contribution is 2.21. The summed E-state index contributed by atoms with van der Waals surface area (Å²) in [7, 11) is 1.65. The molecule has 0 aromatic heterocycles. The molecule has 0 saturated carbocycles. The zero-order valence-electron chi connectivity index (χ0n) is 11.4. The van der Waals surface area contributed by atoms with Crippen LogP contribution in [0.5, 0.6) is 5.75 Å². The minimum Gasteiger partial charge on any atom is -0.491 e. The molecule has 1 aromatic carbocycles. The average molecular weight is 272 g/mol. The topological polar surface area (TPSA) is 47.9 Å². The monoisotopic (exact) mass is 272 g/mol. The summed E-state index contributed by atoms with van der Waals surface area (Å²) in [6.45, 7) is 3.62. The summed E-state index contributed by atoms with van der Waals surface area (Å²) < 4.78 is 29.1. The van der Waals surface area contributed by atoms with Gasteiger partial charge < -0.3 is 19.3 Å². The molecule has 1 N–H and O–H groups in total. The minimum absolute atomic E-state index is 0.267. The van der Waals surface area contributed by atoms with Gasteiger partial charge in [0.1, 0.15) is 18.2 Å². The maximum atomic E-state index is 13.5. The Bertz CT molecular complexity index is 368. The Kier molecular flexibility index (Phi) is 7.40. The predicted molar refractivity (Wildman–Crippen MR) is 69.8 cm³/mol. The van der Waals surface area contributed by atoms with E-state index >= 15 is 0 Å². The van der Waals surface area contributed by atoms with Gasteiger partial charge >= 0.3 is 0 Å². The number of aliphatic hydroxyl groups excluding tert-OH is 1. The lowest BCUT2D eigenvalue weighted by molar-refractivity contribution is 0.0805. The van der Waals surface area contributed by atoms with E-state index in [1.54, 1.807) is 13.2 Å². The second-order valence-corrected chi connectivity index (χ2v) is 4.17. The standard InChI is InChI=1S/C14H21FO4/c1-11(16)13-5-4-12(10-14(13)15)19-9-8-18-7-3-6-17-2/h4-5,10-11,16H,3,6-9H2,1-2H3. The normalized spacial score (nSPS) is 12.4. The number of methoxy groups -OCH3 is 1. The van der Waals surface area contributed by atoms with Crippen LogP contribution in [0, 0.1) is 5.82 Å². The molecule has 0 aliphatic carbocycles. The number of hydrogen-bond donors (Lipinski definition) is 1. The van der Waals surface area contributed by atoms with Gasteiger partial charge in [-0.05, 0) is 25.5 Å². The highest BCUT2D eigenvalue weighted by atomic mass is 19.1. The fourth-order valence-corrected chi connectivity index (χ4v) is 1.56. The van der Waals surface area contributed by atoms with E-state index in [0.29, 0.717) is 32.2 Å². The van der Waals surface area contributed by atoms with E-state index in [-0.39, 0.29) is 5.56 Å². The number of rotatable bonds is 9.